The fourth-order valence-corrected chi connectivity index (χ4v) is 3.73. The summed E-state index contributed by atoms with van der Waals surface area (Å²) in [5.41, 5.74) is 6.93. The van der Waals surface area contributed by atoms with E-state index in [0.29, 0.717) is 5.25 Å². The first-order valence-electron chi connectivity index (χ1n) is 7.07. The van der Waals surface area contributed by atoms with Gasteiger partial charge >= 0.3 is 0 Å². The molecule has 3 rings (SSSR count). The second-order valence-electron chi connectivity index (χ2n) is 5.32. The Bertz CT molecular complexity index is 753. The average Bonchev–Trinajstić information content (AvgIpc) is 2.51. The van der Waals surface area contributed by atoms with E-state index in [9.17, 15) is 5.26 Å². The van der Waals surface area contributed by atoms with E-state index in [2.05, 4.69) is 61.7 Å². The normalized spacial score (nSPS) is 17.9. The Morgan fingerprint density at radius 3 is 2.57 bits per heavy atom. The summed E-state index contributed by atoms with van der Waals surface area (Å²) in [6.07, 6.45) is 7.28. The third kappa shape index (κ3) is 2.50. The van der Waals surface area contributed by atoms with E-state index in [0.717, 1.165) is 23.1 Å². The van der Waals surface area contributed by atoms with Crippen molar-refractivity contribution >= 4 is 23.9 Å². The first-order chi connectivity index (χ1) is 10.2. The zero-order valence-corrected chi connectivity index (χ0v) is 13.1. The van der Waals surface area contributed by atoms with Crippen molar-refractivity contribution in [1.82, 2.24) is 0 Å². The second-order valence-corrected chi connectivity index (χ2v) is 6.36. The highest BCUT2D eigenvalue weighted by molar-refractivity contribution is 7.98. The van der Waals surface area contributed by atoms with Gasteiger partial charge in [-0.05, 0) is 47.4 Å². The molecular weight excluding hydrogens is 274 g/mol. The van der Waals surface area contributed by atoms with Gasteiger partial charge in [-0.1, -0.05) is 48.6 Å². The first-order valence-corrected chi connectivity index (χ1v) is 8.35. The highest BCUT2D eigenvalue weighted by Gasteiger charge is 2.19. The molecule has 0 saturated carbocycles. The number of hydrogen-bond acceptors (Lipinski definition) is 2. The van der Waals surface area contributed by atoms with Gasteiger partial charge in [0.05, 0.1) is 5.56 Å². The van der Waals surface area contributed by atoms with Crippen LogP contribution in [0.4, 0.5) is 0 Å². The lowest BCUT2D eigenvalue weighted by Crippen LogP contribution is -2.05. The van der Waals surface area contributed by atoms with Crippen molar-refractivity contribution in [2.45, 2.75) is 18.6 Å². The predicted molar refractivity (Wildman–Crippen MR) is 91.2 cm³/mol. The second kappa shape index (κ2) is 5.79. The third-order valence-corrected chi connectivity index (χ3v) is 5.20. The van der Waals surface area contributed by atoms with Crippen LogP contribution in [0.2, 0.25) is 0 Å². The van der Waals surface area contributed by atoms with Crippen LogP contribution in [0.15, 0.2) is 36.4 Å². The van der Waals surface area contributed by atoms with Crippen molar-refractivity contribution in [1.29, 1.82) is 5.26 Å². The summed E-state index contributed by atoms with van der Waals surface area (Å²) in [4.78, 5) is 0. The lowest BCUT2D eigenvalue weighted by Gasteiger charge is -2.20. The van der Waals surface area contributed by atoms with Crippen LogP contribution in [0.1, 0.15) is 38.6 Å². The number of benzene rings is 2. The molecule has 1 nitrogen and oxygen atoms in total. The summed E-state index contributed by atoms with van der Waals surface area (Å²) in [6, 6.07) is 15.0. The monoisotopic (exact) mass is 291 g/mol. The zero-order chi connectivity index (χ0) is 14.8. The molecule has 2 heteroatoms. The van der Waals surface area contributed by atoms with Crippen molar-refractivity contribution < 1.29 is 0 Å². The quantitative estimate of drug-likeness (QED) is 0.738. The molecular formula is C19H17NS. The Hall–Kier alpha value is -1.98. The summed E-state index contributed by atoms with van der Waals surface area (Å²) in [7, 11) is 0. The summed E-state index contributed by atoms with van der Waals surface area (Å²) in [5.74, 6) is 0. The van der Waals surface area contributed by atoms with Gasteiger partial charge in [0.1, 0.15) is 6.07 Å². The van der Waals surface area contributed by atoms with Gasteiger partial charge in [-0.3, -0.25) is 0 Å². The van der Waals surface area contributed by atoms with Crippen molar-refractivity contribution in [2.75, 3.05) is 6.26 Å². The fourth-order valence-electron chi connectivity index (χ4n) is 2.93. The van der Waals surface area contributed by atoms with E-state index in [4.69, 9.17) is 0 Å². The standard InChI is InChI=1S/C19H17NS/c1-13-14-5-3-7-16(13)11-19(21-2)17-8-4-6-15(10-9-14)18(17)12-20/h3-10,19H,11H2,1-2H3/b10-9-. The molecule has 0 radical (unpaired) electrons. The molecule has 0 aliphatic heterocycles. The molecule has 0 spiro atoms. The summed E-state index contributed by atoms with van der Waals surface area (Å²) in [5, 5.41) is 9.90. The SMILES string of the molecule is CSC1Cc2cccc(c2C)/C=C\c2cccc1c2C#N. The third-order valence-electron chi connectivity index (χ3n) is 4.21. The van der Waals surface area contributed by atoms with E-state index < -0.39 is 0 Å². The largest absolute Gasteiger partial charge is 0.192 e. The highest BCUT2D eigenvalue weighted by atomic mass is 32.2. The molecule has 21 heavy (non-hydrogen) atoms. The van der Waals surface area contributed by atoms with Gasteiger partial charge in [0.2, 0.25) is 0 Å². The molecule has 1 atom stereocenters. The maximum absolute atomic E-state index is 9.58. The molecule has 0 N–H and O–H groups in total. The molecule has 0 heterocycles. The fraction of sp³-hybridized carbons (Fsp3) is 0.211. The molecule has 4 bridgehead atoms. The number of thioether (sulfide) groups is 1. The molecule has 0 fully saturated rings. The topological polar surface area (TPSA) is 23.8 Å². The Balaban J connectivity index is 2.28. The summed E-state index contributed by atoms with van der Waals surface area (Å²) >= 11 is 1.82. The minimum Gasteiger partial charge on any atom is -0.192 e. The first kappa shape index (κ1) is 14.0. The van der Waals surface area contributed by atoms with Crippen LogP contribution in [-0.2, 0) is 6.42 Å². The van der Waals surface area contributed by atoms with Crippen LogP contribution >= 0.6 is 11.8 Å². The molecule has 0 saturated heterocycles. The van der Waals surface area contributed by atoms with Crippen molar-refractivity contribution in [3.05, 3.63) is 69.8 Å². The van der Waals surface area contributed by atoms with Gasteiger partial charge in [-0.15, -0.1) is 0 Å². The van der Waals surface area contributed by atoms with Crippen LogP contribution < -0.4 is 0 Å². The molecule has 0 amide bonds. The Morgan fingerprint density at radius 2 is 1.81 bits per heavy atom. The number of rotatable bonds is 1. The van der Waals surface area contributed by atoms with E-state index in [1.54, 1.807) is 0 Å². The Morgan fingerprint density at radius 1 is 1.10 bits per heavy atom. The van der Waals surface area contributed by atoms with Gasteiger partial charge in [-0.2, -0.15) is 17.0 Å². The smallest absolute Gasteiger partial charge is 0.100 e. The maximum Gasteiger partial charge on any atom is 0.100 e. The maximum atomic E-state index is 9.58. The van der Waals surface area contributed by atoms with Crippen LogP contribution in [0, 0.1) is 18.3 Å². The van der Waals surface area contributed by atoms with Crippen molar-refractivity contribution in [3.8, 4) is 6.07 Å². The van der Waals surface area contributed by atoms with E-state index in [1.807, 2.05) is 17.8 Å². The average molecular weight is 291 g/mol. The molecule has 2 aromatic carbocycles. The van der Waals surface area contributed by atoms with Crippen LogP contribution in [-0.4, -0.2) is 6.26 Å². The molecule has 0 aromatic heterocycles. The molecule has 1 aliphatic carbocycles. The lowest BCUT2D eigenvalue weighted by atomic mass is 9.91. The van der Waals surface area contributed by atoms with Gasteiger partial charge < -0.3 is 0 Å². The number of hydrogen-bond donors (Lipinski definition) is 0. The van der Waals surface area contributed by atoms with Gasteiger partial charge in [-0.25, -0.2) is 0 Å². The minimum atomic E-state index is 0.319. The van der Waals surface area contributed by atoms with E-state index in [1.165, 1.54) is 16.7 Å². The van der Waals surface area contributed by atoms with Crippen LogP contribution in [0.3, 0.4) is 0 Å². The zero-order valence-electron chi connectivity index (χ0n) is 12.3. The molecule has 1 aliphatic rings. The van der Waals surface area contributed by atoms with E-state index in [-0.39, 0.29) is 0 Å². The van der Waals surface area contributed by atoms with E-state index >= 15 is 0 Å². The van der Waals surface area contributed by atoms with Crippen molar-refractivity contribution in [2.24, 2.45) is 0 Å². The van der Waals surface area contributed by atoms with Gasteiger partial charge in [0, 0.05) is 5.25 Å². The lowest BCUT2D eigenvalue weighted by molar-refractivity contribution is 0.919. The molecule has 104 valence electrons. The Labute approximate surface area is 130 Å². The van der Waals surface area contributed by atoms with Gasteiger partial charge in [0.15, 0.2) is 0 Å². The van der Waals surface area contributed by atoms with Crippen LogP contribution in [0.25, 0.3) is 12.2 Å². The summed E-state index contributed by atoms with van der Waals surface area (Å²) in [6.45, 7) is 2.19. The predicted octanol–water partition coefficient (Wildman–Crippen LogP) is 5.00. The number of nitrogens with zero attached hydrogens (tertiary/aromatic N) is 1. The Kier molecular flexibility index (Phi) is 3.86. The summed E-state index contributed by atoms with van der Waals surface area (Å²) < 4.78 is 0. The van der Waals surface area contributed by atoms with Gasteiger partial charge in [0.25, 0.3) is 0 Å². The minimum absolute atomic E-state index is 0.319. The van der Waals surface area contributed by atoms with Crippen molar-refractivity contribution in [3.63, 3.8) is 0 Å². The molecule has 2 aromatic rings. The highest BCUT2D eigenvalue weighted by Crippen LogP contribution is 2.36. The number of nitriles is 1. The number of fused-ring (bicyclic) bond motifs is 4. The molecule has 1 unspecified atom stereocenters. The van der Waals surface area contributed by atoms with Crippen LogP contribution in [0.5, 0.6) is 0 Å².